The molecule has 0 aromatic rings. The zero-order chi connectivity index (χ0) is 15.5. The summed E-state index contributed by atoms with van der Waals surface area (Å²) in [4.78, 5) is 16.7. The molecule has 1 rings (SSSR count). The Labute approximate surface area is 130 Å². The van der Waals surface area contributed by atoms with Gasteiger partial charge in [-0.3, -0.25) is 4.79 Å². The van der Waals surface area contributed by atoms with Crippen molar-refractivity contribution in [3.8, 4) is 0 Å². The van der Waals surface area contributed by atoms with Crippen LogP contribution in [0.2, 0.25) is 0 Å². The van der Waals surface area contributed by atoms with Crippen molar-refractivity contribution in [1.82, 2.24) is 15.1 Å². The maximum atomic E-state index is 11.8. The standard InChI is InChI=1S/C16H34N4O/c1-3-15(7-8-17)5-6-16(21)18-9-4-10-20-13-11-19(2)12-14-20/h15H,3-14,17H2,1-2H3,(H,18,21). The van der Waals surface area contributed by atoms with Crippen LogP contribution in [0.15, 0.2) is 0 Å². The molecule has 124 valence electrons. The number of nitrogens with two attached hydrogens (primary N) is 1. The summed E-state index contributed by atoms with van der Waals surface area (Å²) < 4.78 is 0. The molecule has 5 nitrogen and oxygen atoms in total. The monoisotopic (exact) mass is 298 g/mol. The molecule has 1 fully saturated rings. The summed E-state index contributed by atoms with van der Waals surface area (Å²) in [5.41, 5.74) is 5.58. The van der Waals surface area contributed by atoms with Crippen molar-refractivity contribution < 1.29 is 4.79 Å². The Morgan fingerprint density at radius 3 is 2.57 bits per heavy atom. The van der Waals surface area contributed by atoms with Gasteiger partial charge in [-0.25, -0.2) is 0 Å². The highest BCUT2D eigenvalue weighted by atomic mass is 16.1. The van der Waals surface area contributed by atoms with E-state index in [-0.39, 0.29) is 5.91 Å². The van der Waals surface area contributed by atoms with Crippen LogP contribution in [0.5, 0.6) is 0 Å². The maximum absolute atomic E-state index is 11.8. The van der Waals surface area contributed by atoms with Crippen LogP contribution < -0.4 is 11.1 Å². The van der Waals surface area contributed by atoms with E-state index in [1.807, 2.05) is 0 Å². The van der Waals surface area contributed by atoms with Gasteiger partial charge >= 0.3 is 0 Å². The first-order valence-corrected chi connectivity index (χ1v) is 8.53. The van der Waals surface area contributed by atoms with E-state index in [1.165, 1.54) is 0 Å². The first-order chi connectivity index (χ1) is 10.2. The summed E-state index contributed by atoms with van der Waals surface area (Å²) >= 11 is 0. The SMILES string of the molecule is CCC(CCN)CCC(=O)NCCCN1CCN(C)CC1. The van der Waals surface area contributed by atoms with Crippen LogP contribution in [-0.2, 0) is 4.79 Å². The van der Waals surface area contributed by atoms with E-state index >= 15 is 0 Å². The van der Waals surface area contributed by atoms with E-state index in [2.05, 4.69) is 29.1 Å². The topological polar surface area (TPSA) is 61.6 Å². The van der Waals surface area contributed by atoms with Gasteiger partial charge < -0.3 is 20.9 Å². The van der Waals surface area contributed by atoms with Gasteiger partial charge in [0.05, 0.1) is 0 Å². The normalized spacial score (nSPS) is 18.6. The zero-order valence-electron chi connectivity index (χ0n) is 13.9. The Balaban J connectivity index is 2.00. The number of rotatable bonds is 10. The molecule has 0 aliphatic carbocycles. The second-order valence-electron chi connectivity index (χ2n) is 6.24. The van der Waals surface area contributed by atoms with Gasteiger partial charge in [0.25, 0.3) is 0 Å². The van der Waals surface area contributed by atoms with Crippen molar-refractivity contribution in [2.75, 3.05) is 52.9 Å². The summed E-state index contributed by atoms with van der Waals surface area (Å²) in [6, 6.07) is 0. The van der Waals surface area contributed by atoms with Gasteiger partial charge in [0.15, 0.2) is 0 Å². The molecule has 1 amide bonds. The Kier molecular flexibility index (Phi) is 9.63. The molecule has 1 unspecified atom stereocenters. The number of carbonyl (C=O) groups excluding carboxylic acids is 1. The third kappa shape index (κ3) is 8.39. The van der Waals surface area contributed by atoms with Crippen LogP contribution in [0.3, 0.4) is 0 Å². The summed E-state index contributed by atoms with van der Waals surface area (Å²) in [5, 5.41) is 3.05. The molecule has 0 spiro atoms. The average molecular weight is 298 g/mol. The largest absolute Gasteiger partial charge is 0.356 e. The summed E-state index contributed by atoms with van der Waals surface area (Å²) in [5.74, 6) is 0.801. The van der Waals surface area contributed by atoms with Crippen molar-refractivity contribution >= 4 is 5.91 Å². The first-order valence-electron chi connectivity index (χ1n) is 8.53. The number of nitrogens with one attached hydrogen (secondary N) is 1. The lowest BCUT2D eigenvalue weighted by Gasteiger charge is -2.32. The number of nitrogens with zero attached hydrogens (tertiary/aromatic N) is 2. The van der Waals surface area contributed by atoms with Crippen molar-refractivity contribution in [2.24, 2.45) is 11.7 Å². The van der Waals surface area contributed by atoms with Crippen LogP contribution in [0.1, 0.15) is 39.0 Å². The zero-order valence-corrected chi connectivity index (χ0v) is 13.9. The Hall–Kier alpha value is -0.650. The molecule has 0 radical (unpaired) electrons. The van der Waals surface area contributed by atoms with Gasteiger partial charge in [0.1, 0.15) is 0 Å². The highest BCUT2D eigenvalue weighted by molar-refractivity contribution is 5.75. The maximum Gasteiger partial charge on any atom is 0.220 e. The van der Waals surface area contributed by atoms with Crippen LogP contribution in [0.4, 0.5) is 0 Å². The lowest BCUT2D eigenvalue weighted by molar-refractivity contribution is -0.121. The van der Waals surface area contributed by atoms with E-state index < -0.39 is 0 Å². The van der Waals surface area contributed by atoms with E-state index in [0.29, 0.717) is 12.3 Å². The third-order valence-electron chi connectivity index (χ3n) is 4.50. The fourth-order valence-electron chi connectivity index (χ4n) is 2.81. The van der Waals surface area contributed by atoms with Crippen molar-refractivity contribution in [3.05, 3.63) is 0 Å². The number of carbonyl (C=O) groups is 1. The predicted octanol–water partition coefficient (Wildman–Crippen LogP) is 0.895. The van der Waals surface area contributed by atoms with Gasteiger partial charge in [-0.2, -0.15) is 0 Å². The molecule has 3 N–H and O–H groups in total. The van der Waals surface area contributed by atoms with E-state index in [1.54, 1.807) is 0 Å². The second-order valence-corrected chi connectivity index (χ2v) is 6.24. The van der Waals surface area contributed by atoms with Crippen LogP contribution in [0, 0.1) is 5.92 Å². The summed E-state index contributed by atoms with van der Waals surface area (Å²) in [7, 11) is 2.17. The van der Waals surface area contributed by atoms with E-state index in [0.717, 1.165) is 71.5 Å². The first kappa shape index (κ1) is 18.4. The summed E-state index contributed by atoms with van der Waals surface area (Å²) in [6.07, 6.45) is 4.82. The molecular formula is C16H34N4O. The smallest absolute Gasteiger partial charge is 0.220 e. The molecule has 0 aromatic carbocycles. The quantitative estimate of drug-likeness (QED) is 0.588. The fourth-order valence-corrected chi connectivity index (χ4v) is 2.81. The van der Waals surface area contributed by atoms with Gasteiger partial charge in [-0.1, -0.05) is 13.3 Å². The van der Waals surface area contributed by atoms with Crippen molar-refractivity contribution in [1.29, 1.82) is 0 Å². The van der Waals surface area contributed by atoms with Crippen LogP contribution >= 0.6 is 0 Å². The van der Waals surface area contributed by atoms with Gasteiger partial charge in [-0.05, 0) is 45.3 Å². The molecule has 0 aromatic heterocycles. The Bertz CT molecular complexity index is 277. The highest BCUT2D eigenvalue weighted by Gasteiger charge is 2.13. The van der Waals surface area contributed by atoms with Gasteiger partial charge in [-0.15, -0.1) is 0 Å². The lowest BCUT2D eigenvalue weighted by Crippen LogP contribution is -2.45. The number of amides is 1. The number of hydrogen-bond donors (Lipinski definition) is 2. The molecule has 1 aliphatic rings. The molecule has 0 bridgehead atoms. The molecule has 21 heavy (non-hydrogen) atoms. The molecule has 1 heterocycles. The highest BCUT2D eigenvalue weighted by Crippen LogP contribution is 2.14. The minimum absolute atomic E-state index is 0.198. The molecule has 1 aliphatic heterocycles. The van der Waals surface area contributed by atoms with Crippen molar-refractivity contribution in [2.45, 2.75) is 39.0 Å². The third-order valence-corrected chi connectivity index (χ3v) is 4.50. The van der Waals surface area contributed by atoms with E-state index in [4.69, 9.17) is 5.73 Å². The fraction of sp³-hybridized carbons (Fsp3) is 0.938. The van der Waals surface area contributed by atoms with Crippen LogP contribution in [0.25, 0.3) is 0 Å². The number of hydrogen-bond acceptors (Lipinski definition) is 4. The molecule has 1 atom stereocenters. The minimum Gasteiger partial charge on any atom is -0.356 e. The Morgan fingerprint density at radius 2 is 1.95 bits per heavy atom. The average Bonchev–Trinajstić information content (AvgIpc) is 2.49. The van der Waals surface area contributed by atoms with Crippen LogP contribution in [-0.4, -0.2) is 68.6 Å². The van der Waals surface area contributed by atoms with Gasteiger partial charge in [0, 0.05) is 39.1 Å². The Morgan fingerprint density at radius 1 is 1.24 bits per heavy atom. The van der Waals surface area contributed by atoms with E-state index in [9.17, 15) is 4.79 Å². The number of likely N-dealkylation sites (N-methyl/N-ethyl adjacent to an activating group) is 1. The second kappa shape index (κ2) is 11.0. The minimum atomic E-state index is 0.198. The lowest BCUT2D eigenvalue weighted by atomic mass is 9.96. The number of piperazine rings is 1. The molecule has 5 heteroatoms. The molecule has 0 saturated carbocycles. The molecular weight excluding hydrogens is 264 g/mol. The summed E-state index contributed by atoms with van der Waals surface area (Å²) in [6.45, 7) is 9.43. The molecule has 1 saturated heterocycles. The predicted molar refractivity (Wildman–Crippen MR) is 88.3 cm³/mol. The van der Waals surface area contributed by atoms with Gasteiger partial charge in [0.2, 0.25) is 5.91 Å². The van der Waals surface area contributed by atoms with Crippen molar-refractivity contribution in [3.63, 3.8) is 0 Å².